The van der Waals surface area contributed by atoms with Crippen LogP contribution in [0.3, 0.4) is 0 Å². The van der Waals surface area contributed by atoms with E-state index in [1.165, 1.54) is 6.42 Å². The summed E-state index contributed by atoms with van der Waals surface area (Å²) < 4.78 is 0. The highest BCUT2D eigenvalue weighted by atomic mass is 16.3. The number of aromatic nitrogens is 1. The number of nitrogens with zero attached hydrogens (tertiary/aromatic N) is 2. The second kappa shape index (κ2) is 5.94. The van der Waals surface area contributed by atoms with E-state index in [1.807, 2.05) is 12.1 Å². The first kappa shape index (κ1) is 13.0. The van der Waals surface area contributed by atoms with Gasteiger partial charge in [0, 0.05) is 24.8 Å². The molecule has 0 spiro atoms. The van der Waals surface area contributed by atoms with Crippen LogP contribution in [0.15, 0.2) is 18.3 Å². The van der Waals surface area contributed by atoms with Gasteiger partial charge in [0.15, 0.2) is 0 Å². The minimum absolute atomic E-state index is 0.459. The maximum atomic E-state index is 10.3. The summed E-state index contributed by atoms with van der Waals surface area (Å²) in [6.07, 6.45) is 6.81. The molecule has 1 heterocycles. The number of nitrogens with one attached hydrogen (secondary N) is 1. The van der Waals surface area contributed by atoms with E-state index in [2.05, 4.69) is 16.4 Å². The van der Waals surface area contributed by atoms with E-state index in [4.69, 9.17) is 5.26 Å². The second-order valence-electron chi connectivity index (χ2n) is 5.01. The molecular weight excluding hydrogens is 226 g/mol. The van der Waals surface area contributed by atoms with Crippen molar-refractivity contribution in [2.75, 3.05) is 6.54 Å². The zero-order valence-electron chi connectivity index (χ0n) is 10.5. The summed E-state index contributed by atoms with van der Waals surface area (Å²) in [6, 6.07) is 5.80. The van der Waals surface area contributed by atoms with E-state index in [9.17, 15) is 5.11 Å². The molecule has 1 aliphatic rings. The van der Waals surface area contributed by atoms with Gasteiger partial charge >= 0.3 is 0 Å². The molecule has 1 aromatic heterocycles. The van der Waals surface area contributed by atoms with E-state index >= 15 is 0 Å². The maximum Gasteiger partial charge on any atom is 0.144 e. The van der Waals surface area contributed by atoms with E-state index in [-0.39, 0.29) is 0 Å². The van der Waals surface area contributed by atoms with Crippen LogP contribution in [0, 0.1) is 11.3 Å². The van der Waals surface area contributed by atoms with Gasteiger partial charge in [-0.2, -0.15) is 5.26 Å². The molecule has 4 heteroatoms. The van der Waals surface area contributed by atoms with Crippen LogP contribution in [0.1, 0.15) is 43.4 Å². The first-order chi connectivity index (χ1) is 8.73. The third-order valence-electron chi connectivity index (χ3n) is 3.55. The van der Waals surface area contributed by atoms with Gasteiger partial charge in [-0.3, -0.25) is 0 Å². The Morgan fingerprint density at radius 3 is 2.89 bits per heavy atom. The van der Waals surface area contributed by atoms with Crippen LogP contribution in [-0.4, -0.2) is 22.2 Å². The Bertz CT molecular complexity index is 433. The fourth-order valence-corrected chi connectivity index (χ4v) is 2.50. The van der Waals surface area contributed by atoms with Crippen molar-refractivity contribution in [2.24, 2.45) is 0 Å². The summed E-state index contributed by atoms with van der Waals surface area (Å²) in [5.74, 6) is 0. The first-order valence-electron chi connectivity index (χ1n) is 6.51. The van der Waals surface area contributed by atoms with Crippen LogP contribution < -0.4 is 5.32 Å². The van der Waals surface area contributed by atoms with Crippen molar-refractivity contribution in [3.8, 4) is 6.07 Å². The molecule has 1 saturated carbocycles. The van der Waals surface area contributed by atoms with Gasteiger partial charge in [0.1, 0.15) is 11.8 Å². The molecule has 0 atom stereocenters. The lowest BCUT2D eigenvalue weighted by Crippen LogP contribution is -2.42. The van der Waals surface area contributed by atoms with E-state index < -0.39 is 5.60 Å². The van der Waals surface area contributed by atoms with Gasteiger partial charge in [-0.25, -0.2) is 4.98 Å². The molecule has 1 aliphatic carbocycles. The minimum Gasteiger partial charge on any atom is -0.389 e. The lowest BCUT2D eigenvalue weighted by Gasteiger charge is -2.32. The molecule has 0 radical (unpaired) electrons. The summed E-state index contributed by atoms with van der Waals surface area (Å²) >= 11 is 0. The highest BCUT2D eigenvalue weighted by Crippen LogP contribution is 2.27. The Morgan fingerprint density at radius 1 is 1.39 bits per heavy atom. The molecule has 4 nitrogen and oxygen atoms in total. The van der Waals surface area contributed by atoms with E-state index in [0.29, 0.717) is 18.8 Å². The van der Waals surface area contributed by atoms with Crippen molar-refractivity contribution in [2.45, 2.75) is 44.2 Å². The molecule has 18 heavy (non-hydrogen) atoms. The molecule has 1 aromatic rings. The molecule has 2 rings (SSSR count). The Morgan fingerprint density at radius 2 is 2.17 bits per heavy atom. The van der Waals surface area contributed by atoms with Crippen molar-refractivity contribution in [3.63, 3.8) is 0 Å². The average molecular weight is 245 g/mol. The Kier molecular flexibility index (Phi) is 4.29. The summed E-state index contributed by atoms with van der Waals surface area (Å²) in [6.45, 7) is 1.17. The van der Waals surface area contributed by atoms with Crippen molar-refractivity contribution in [1.82, 2.24) is 10.3 Å². The lowest BCUT2D eigenvalue weighted by atomic mass is 9.85. The largest absolute Gasteiger partial charge is 0.389 e. The number of aliphatic hydroxyl groups is 1. The van der Waals surface area contributed by atoms with Crippen LogP contribution in [-0.2, 0) is 6.54 Å². The van der Waals surface area contributed by atoms with Gasteiger partial charge in [0.2, 0.25) is 0 Å². The Balaban J connectivity index is 1.86. The standard InChI is InChI=1S/C14H19N3O/c15-9-13-12(5-4-8-17-13)10-16-11-14(18)6-2-1-3-7-14/h4-5,8,16,18H,1-3,6-7,10-11H2. The molecule has 2 N–H and O–H groups in total. The van der Waals surface area contributed by atoms with Crippen LogP contribution in [0.25, 0.3) is 0 Å². The molecule has 0 saturated heterocycles. The fraction of sp³-hybridized carbons (Fsp3) is 0.571. The maximum absolute atomic E-state index is 10.3. The van der Waals surface area contributed by atoms with Crippen LogP contribution >= 0.6 is 0 Å². The SMILES string of the molecule is N#Cc1ncccc1CNCC1(O)CCCCC1. The molecular formula is C14H19N3O. The third-order valence-corrected chi connectivity index (χ3v) is 3.55. The molecule has 0 unspecified atom stereocenters. The monoisotopic (exact) mass is 245 g/mol. The Labute approximate surface area is 108 Å². The number of hydrogen-bond acceptors (Lipinski definition) is 4. The average Bonchev–Trinajstić information content (AvgIpc) is 2.40. The number of nitriles is 1. The van der Waals surface area contributed by atoms with Gasteiger partial charge in [-0.1, -0.05) is 25.3 Å². The Hall–Kier alpha value is -1.44. The van der Waals surface area contributed by atoms with Gasteiger partial charge in [-0.15, -0.1) is 0 Å². The van der Waals surface area contributed by atoms with Gasteiger partial charge in [0.25, 0.3) is 0 Å². The molecule has 96 valence electrons. The molecule has 0 aliphatic heterocycles. The fourth-order valence-electron chi connectivity index (χ4n) is 2.50. The van der Waals surface area contributed by atoms with Crippen molar-refractivity contribution in [3.05, 3.63) is 29.6 Å². The summed E-state index contributed by atoms with van der Waals surface area (Å²) in [7, 11) is 0. The van der Waals surface area contributed by atoms with Crippen LogP contribution in [0.4, 0.5) is 0 Å². The summed E-state index contributed by atoms with van der Waals surface area (Å²) in [4.78, 5) is 4.02. The lowest BCUT2D eigenvalue weighted by molar-refractivity contribution is 0.00466. The molecule has 0 amide bonds. The summed E-state index contributed by atoms with van der Waals surface area (Å²) in [5.41, 5.74) is 0.785. The predicted octanol–water partition coefficient (Wildman–Crippen LogP) is 1.74. The number of rotatable bonds is 4. The number of pyridine rings is 1. The molecule has 1 fully saturated rings. The zero-order chi connectivity index (χ0) is 12.8. The smallest absolute Gasteiger partial charge is 0.144 e. The quantitative estimate of drug-likeness (QED) is 0.847. The zero-order valence-corrected chi connectivity index (χ0v) is 10.5. The highest BCUT2D eigenvalue weighted by molar-refractivity contribution is 5.30. The normalized spacial score (nSPS) is 18.2. The predicted molar refractivity (Wildman–Crippen MR) is 68.7 cm³/mol. The first-order valence-corrected chi connectivity index (χ1v) is 6.51. The summed E-state index contributed by atoms with van der Waals surface area (Å²) in [5, 5.41) is 22.5. The number of hydrogen-bond donors (Lipinski definition) is 2. The van der Waals surface area contributed by atoms with Crippen LogP contribution in [0.5, 0.6) is 0 Å². The second-order valence-corrected chi connectivity index (χ2v) is 5.01. The van der Waals surface area contributed by atoms with Crippen molar-refractivity contribution >= 4 is 0 Å². The van der Waals surface area contributed by atoms with Gasteiger partial charge in [0.05, 0.1) is 5.60 Å². The highest BCUT2D eigenvalue weighted by Gasteiger charge is 2.28. The van der Waals surface area contributed by atoms with E-state index in [1.54, 1.807) is 6.20 Å². The topological polar surface area (TPSA) is 68.9 Å². The van der Waals surface area contributed by atoms with Crippen molar-refractivity contribution in [1.29, 1.82) is 5.26 Å². The molecule has 0 bridgehead atoms. The van der Waals surface area contributed by atoms with Gasteiger partial charge < -0.3 is 10.4 Å². The van der Waals surface area contributed by atoms with Crippen molar-refractivity contribution < 1.29 is 5.11 Å². The van der Waals surface area contributed by atoms with E-state index in [0.717, 1.165) is 31.2 Å². The minimum atomic E-state index is -0.562. The third kappa shape index (κ3) is 3.28. The molecule has 0 aromatic carbocycles. The van der Waals surface area contributed by atoms with Gasteiger partial charge in [-0.05, 0) is 18.9 Å². The van der Waals surface area contributed by atoms with Crippen LogP contribution in [0.2, 0.25) is 0 Å².